The summed E-state index contributed by atoms with van der Waals surface area (Å²) in [5, 5.41) is 4.77. The first-order valence-corrected chi connectivity index (χ1v) is 9.65. The maximum absolute atomic E-state index is 13.4. The second-order valence-electron chi connectivity index (χ2n) is 7.56. The van der Waals surface area contributed by atoms with Crippen LogP contribution in [0.5, 0.6) is 5.75 Å². The molecule has 1 aliphatic heterocycles. The van der Waals surface area contributed by atoms with Crippen molar-refractivity contribution in [2.45, 2.75) is 25.9 Å². The number of carbonyl (C=O) groups is 3. The molecule has 0 radical (unpaired) electrons. The fraction of sp³-hybridized carbons (Fsp3) is 0.208. The summed E-state index contributed by atoms with van der Waals surface area (Å²) in [4.78, 5) is 39.2. The summed E-state index contributed by atoms with van der Waals surface area (Å²) >= 11 is 0. The molecule has 6 nitrogen and oxygen atoms in total. The number of methoxy groups -OCH3 is 1. The number of fused-ring (bicyclic) bond motifs is 1. The molecule has 1 aliphatic rings. The lowest BCUT2D eigenvalue weighted by molar-refractivity contribution is -0.131. The Hall–Kier alpha value is -3.67. The molecule has 3 amide bonds. The van der Waals surface area contributed by atoms with Gasteiger partial charge in [0.05, 0.1) is 13.7 Å². The first kappa shape index (κ1) is 19.6. The van der Waals surface area contributed by atoms with Gasteiger partial charge in [0.2, 0.25) is 0 Å². The van der Waals surface area contributed by atoms with Crippen LogP contribution >= 0.6 is 0 Å². The Morgan fingerprint density at radius 2 is 1.80 bits per heavy atom. The van der Waals surface area contributed by atoms with E-state index in [1.807, 2.05) is 42.5 Å². The Morgan fingerprint density at radius 1 is 1.07 bits per heavy atom. The van der Waals surface area contributed by atoms with Crippen LogP contribution in [0.2, 0.25) is 0 Å². The molecule has 1 atom stereocenters. The first-order chi connectivity index (χ1) is 14.3. The van der Waals surface area contributed by atoms with E-state index in [1.165, 1.54) is 18.9 Å². The molecule has 0 aliphatic carbocycles. The van der Waals surface area contributed by atoms with Crippen LogP contribution in [0.4, 0.5) is 4.79 Å². The van der Waals surface area contributed by atoms with Crippen LogP contribution in [0.25, 0.3) is 10.8 Å². The van der Waals surface area contributed by atoms with Crippen molar-refractivity contribution in [1.29, 1.82) is 0 Å². The first-order valence-electron chi connectivity index (χ1n) is 9.65. The monoisotopic (exact) mass is 402 g/mol. The minimum absolute atomic E-state index is 0.00924. The third-order valence-corrected chi connectivity index (χ3v) is 5.62. The number of carbonyl (C=O) groups excluding carboxylic acids is 3. The number of Topliss-reactive ketones (excluding diaryl/α,β-unsaturated/α-hetero) is 1. The molecular weight excluding hydrogens is 380 g/mol. The van der Waals surface area contributed by atoms with Crippen LogP contribution in [0.1, 0.15) is 35.3 Å². The van der Waals surface area contributed by atoms with Gasteiger partial charge in [-0.3, -0.25) is 14.5 Å². The molecule has 1 heterocycles. The minimum Gasteiger partial charge on any atom is -0.496 e. The van der Waals surface area contributed by atoms with Crippen molar-refractivity contribution < 1.29 is 19.1 Å². The van der Waals surface area contributed by atoms with Crippen molar-refractivity contribution in [3.05, 3.63) is 77.4 Å². The van der Waals surface area contributed by atoms with E-state index >= 15 is 0 Å². The predicted molar refractivity (Wildman–Crippen MR) is 113 cm³/mol. The molecule has 0 aromatic heterocycles. The van der Waals surface area contributed by atoms with Crippen LogP contribution in [0.15, 0.2) is 60.7 Å². The van der Waals surface area contributed by atoms with Gasteiger partial charge in [0.15, 0.2) is 5.78 Å². The Balaban J connectivity index is 1.73. The van der Waals surface area contributed by atoms with Crippen molar-refractivity contribution in [2.75, 3.05) is 7.11 Å². The number of amides is 3. The molecule has 4 rings (SSSR count). The Bertz CT molecular complexity index is 1180. The zero-order chi connectivity index (χ0) is 21.5. The van der Waals surface area contributed by atoms with Crippen LogP contribution in [-0.4, -0.2) is 29.7 Å². The highest BCUT2D eigenvalue weighted by atomic mass is 16.5. The van der Waals surface area contributed by atoms with Crippen LogP contribution in [0.3, 0.4) is 0 Å². The molecular formula is C24H22N2O4. The Kier molecular flexibility index (Phi) is 4.78. The maximum Gasteiger partial charge on any atom is 0.325 e. The Morgan fingerprint density at radius 3 is 2.53 bits per heavy atom. The van der Waals surface area contributed by atoms with Crippen molar-refractivity contribution in [1.82, 2.24) is 10.2 Å². The van der Waals surface area contributed by atoms with E-state index in [1.54, 1.807) is 25.1 Å². The summed E-state index contributed by atoms with van der Waals surface area (Å²) in [5.41, 5.74) is 0.639. The summed E-state index contributed by atoms with van der Waals surface area (Å²) in [6, 6.07) is 18.0. The number of hydrogen-bond acceptors (Lipinski definition) is 4. The molecule has 3 aromatic carbocycles. The van der Waals surface area contributed by atoms with Gasteiger partial charge in [-0.2, -0.15) is 0 Å². The lowest BCUT2D eigenvalue weighted by atomic mass is 9.87. The molecule has 30 heavy (non-hydrogen) atoms. The number of rotatable bonds is 5. The smallest absolute Gasteiger partial charge is 0.325 e. The fourth-order valence-electron chi connectivity index (χ4n) is 3.98. The highest BCUT2D eigenvalue weighted by Gasteiger charge is 2.49. The Labute approximate surface area is 174 Å². The quantitative estimate of drug-likeness (QED) is 0.517. The number of imide groups is 1. The van der Waals surface area contributed by atoms with Gasteiger partial charge in [0.1, 0.15) is 11.3 Å². The van der Waals surface area contributed by atoms with E-state index in [0.717, 1.165) is 16.3 Å². The second kappa shape index (κ2) is 7.30. The van der Waals surface area contributed by atoms with E-state index in [9.17, 15) is 14.4 Å². The molecule has 1 unspecified atom stereocenters. The number of hydrogen-bond donors (Lipinski definition) is 1. The number of nitrogens with zero attached hydrogens (tertiary/aromatic N) is 1. The largest absolute Gasteiger partial charge is 0.496 e. The van der Waals surface area contributed by atoms with E-state index < -0.39 is 11.6 Å². The van der Waals surface area contributed by atoms with Gasteiger partial charge >= 0.3 is 6.03 Å². The van der Waals surface area contributed by atoms with Crippen molar-refractivity contribution in [3.63, 3.8) is 0 Å². The van der Waals surface area contributed by atoms with Crippen molar-refractivity contribution >= 4 is 28.5 Å². The van der Waals surface area contributed by atoms with Gasteiger partial charge in [-0.1, -0.05) is 42.5 Å². The minimum atomic E-state index is -1.19. The zero-order valence-electron chi connectivity index (χ0n) is 17.1. The van der Waals surface area contributed by atoms with Crippen molar-refractivity contribution in [3.8, 4) is 5.75 Å². The number of nitrogens with one attached hydrogen (secondary N) is 1. The summed E-state index contributed by atoms with van der Waals surface area (Å²) in [6.45, 7) is 3.20. The molecule has 0 saturated carbocycles. The van der Waals surface area contributed by atoms with Crippen LogP contribution in [-0.2, 0) is 16.9 Å². The van der Waals surface area contributed by atoms with Gasteiger partial charge in [-0.25, -0.2) is 4.79 Å². The van der Waals surface area contributed by atoms with Crippen LogP contribution in [0, 0.1) is 0 Å². The number of ketones is 1. The number of urea groups is 1. The normalized spacial score (nSPS) is 18.6. The fourth-order valence-corrected chi connectivity index (χ4v) is 3.98. The lowest BCUT2D eigenvalue weighted by Gasteiger charge is -2.24. The molecule has 0 bridgehead atoms. The number of ether oxygens (including phenoxy) is 1. The molecule has 0 spiro atoms. The van der Waals surface area contributed by atoms with Gasteiger partial charge in [0, 0.05) is 11.1 Å². The summed E-state index contributed by atoms with van der Waals surface area (Å²) in [6.07, 6.45) is 0. The standard InChI is InChI=1S/C24H22N2O4/c1-15(27)17-11-12-21(30-3)18(13-17)14-26-22(28)24(2,25-23(26)29)20-10-6-8-16-7-4-5-9-19(16)20/h4-13H,14H2,1-3H3,(H,25,29). The zero-order valence-corrected chi connectivity index (χ0v) is 17.1. The molecule has 6 heteroatoms. The highest BCUT2D eigenvalue weighted by molar-refractivity contribution is 6.09. The molecule has 3 aromatic rings. The topological polar surface area (TPSA) is 75.7 Å². The lowest BCUT2D eigenvalue weighted by Crippen LogP contribution is -2.41. The third-order valence-electron chi connectivity index (χ3n) is 5.62. The van der Waals surface area contributed by atoms with E-state index in [0.29, 0.717) is 16.9 Å². The second-order valence-corrected chi connectivity index (χ2v) is 7.56. The SMILES string of the molecule is COc1ccc(C(C)=O)cc1CN1C(=O)NC(C)(c2cccc3ccccc23)C1=O. The molecule has 1 saturated heterocycles. The predicted octanol–water partition coefficient (Wildman–Crippen LogP) is 4.02. The average molecular weight is 402 g/mol. The van der Waals surface area contributed by atoms with Gasteiger partial charge in [0.25, 0.3) is 5.91 Å². The molecule has 152 valence electrons. The van der Waals surface area contributed by atoms with Gasteiger partial charge < -0.3 is 10.1 Å². The van der Waals surface area contributed by atoms with Gasteiger partial charge in [-0.05, 0) is 48.4 Å². The third kappa shape index (κ3) is 3.10. The van der Waals surface area contributed by atoms with E-state index in [-0.39, 0.29) is 18.2 Å². The summed E-state index contributed by atoms with van der Waals surface area (Å²) in [7, 11) is 1.51. The molecule has 1 N–H and O–H groups in total. The van der Waals surface area contributed by atoms with E-state index in [4.69, 9.17) is 4.74 Å². The molecule has 1 fully saturated rings. The summed E-state index contributed by atoms with van der Waals surface area (Å²) in [5.74, 6) is 0.0650. The van der Waals surface area contributed by atoms with E-state index in [2.05, 4.69) is 5.32 Å². The maximum atomic E-state index is 13.4. The number of benzene rings is 3. The average Bonchev–Trinajstić information content (AvgIpc) is 2.97. The van der Waals surface area contributed by atoms with Gasteiger partial charge in [-0.15, -0.1) is 0 Å². The van der Waals surface area contributed by atoms with Crippen molar-refractivity contribution in [2.24, 2.45) is 0 Å². The highest BCUT2D eigenvalue weighted by Crippen LogP contribution is 2.35. The summed E-state index contributed by atoms with van der Waals surface area (Å²) < 4.78 is 5.37. The van der Waals surface area contributed by atoms with Crippen LogP contribution < -0.4 is 10.1 Å².